The lowest BCUT2D eigenvalue weighted by Crippen LogP contribution is -1.77. The second-order valence-electron chi connectivity index (χ2n) is 4.06. The molecule has 0 amide bonds. The number of fused-ring (bicyclic) bond motifs is 1. The zero-order valence-electron chi connectivity index (χ0n) is 9.28. The summed E-state index contributed by atoms with van der Waals surface area (Å²) in [5.41, 5.74) is 3.47. The van der Waals surface area contributed by atoms with E-state index in [1.165, 1.54) is 26.3 Å². The van der Waals surface area contributed by atoms with Crippen molar-refractivity contribution < 1.29 is 4.42 Å². The van der Waals surface area contributed by atoms with E-state index in [1.807, 2.05) is 17.4 Å². The first-order valence-electron chi connectivity index (χ1n) is 5.29. The molecule has 0 N–H and O–H groups in total. The SMILES string of the molecule is Cc1cc(-c2ccc(C)s2)c2occc2c1. The van der Waals surface area contributed by atoms with Crippen LogP contribution >= 0.6 is 11.3 Å². The number of benzene rings is 1. The van der Waals surface area contributed by atoms with Gasteiger partial charge in [0.05, 0.1) is 6.26 Å². The van der Waals surface area contributed by atoms with Crippen molar-refractivity contribution in [2.24, 2.45) is 0 Å². The Morgan fingerprint density at radius 3 is 2.69 bits per heavy atom. The van der Waals surface area contributed by atoms with Crippen molar-refractivity contribution >= 4 is 22.3 Å². The molecule has 1 nitrogen and oxygen atoms in total. The van der Waals surface area contributed by atoms with Crippen molar-refractivity contribution in [1.82, 2.24) is 0 Å². The van der Waals surface area contributed by atoms with Crippen LogP contribution in [0, 0.1) is 13.8 Å². The van der Waals surface area contributed by atoms with Gasteiger partial charge in [0.15, 0.2) is 0 Å². The lowest BCUT2D eigenvalue weighted by molar-refractivity contribution is 0.617. The quantitative estimate of drug-likeness (QED) is 0.584. The van der Waals surface area contributed by atoms with Gasteiger partial charge in [0.2, 0.25) is 0 Å². The summed E-state index contributed by atoms with van der Waals surface area (Å²) in [5.74, 6) is 0. The van der Waals surface area contributed by atoms with E-state index in [-0.39, 0.29) is 0 Å². The summed E-state index contributed by atoms with van der Waals surface area (Å²) in [5, 5.41) is 1.18. The number of hydrogen-bond acceptors (Lipinski definition) is 2. The molecule has 2 heteroatoms. The molecule has 3 aromatic rings. The van der Waals surface area contributed by atoms with Crippen molar-refractivity contribution in [2.45, 2.75) is 13.8 Å². The predicted molar refractivity (Wildman–Crippen MR) is 69.0 cm³/mol. The van der Waals surface area contributed by atoms with Gasteiger partial charge in [-0.15, -0.1) is 11.3 Å². The first kappa shape index (κ1) is 9.67. The van der Waals surface area contributed by atoms with Gasteiger partial charge >= 0.3 is 0 Å². The van der Waals surface area contributed by atoms with Crippen LogP contribution in [0.15, 0.2) is 41.0 Å². The minimum Gasteiger partial charge on any atom is -0.464 e. The third-order valence-corrected chi connectivity index (χ3v) is 3.74. The maximum atomic E-state index is 5.57. The van der Waals surface area contributed by atoms with Crippen molar-refractivity contribution in [1.29, 1.82) is 0 Å². The summed E-state index contributed by atoms with van der Waals surface area (Å²) in [6, 6.07) is 10.7. The molecule has 0 bridgehead atoms. The Labute approximate surface area is 98.3 Å². The van der Waals surface area contributed by atoms with Crippen LogP contribution in [0.3, 0.4) is 0 Å². The van der Waals surface area contributed by atoms with E-state index in [0.29, 0.717) is 0 Å². The van der Waals surface area contributed by atoms with E-state index >= 15 is 0 Å². The first-order chi connectivity index (χ1) is 7.74. The summed E-state index contributed by atoms with van der Waals surface area (Å²) in [6.07, 6.45) is 1.76. The van der Waals surface area contributed by atoms with Crippen LogP contribution in [0.25, 0.3) is 21.4 Å². The third kappa shape index (κ3) is 1.46. The summed E-state index contributed by atoms with van der Waals surface area (Å²) < 4.78 is 5.57. The van der Waals surface area contributed by atoms with Crippen LogP contribution in [0.2, 0.25) is 0 Å². The predicted octanol–water partition coefficient (Wildman–Crippen LogP) is 4.78. The van der Waals surface area contributed by atoms with Crippen LogP contribution in [-0.2, 0) is 0 Å². The largest absolute Gasteiger partial charge is 0.464 e. The Bertz CT molecular complexity index is 646. The van der Waals surface area contributed by atoms with Gasteiger partial charge in [0, 0.05) is 20.7 Å². The molecule has 16 heavy (non-hydrogen) atoms. The van der Waals surface area contributed by atoms with E-state index < -0.39 is 0 Å². The fraction of sp³-hybridized carbons (Fsp3) is 0.143. The minimum atomic E-state index is 0.993. The summed E-state index contributed by atoms with van der Waals surface area (Å²) >= 11 is 1.81. The zero-order valence-corrected chi connectivity index (χ0v) is 10.1. The second kappa shape index (κ2) is 3.49. The molecule has 80 valence electrons. The Morgan fingerprint density at radius 2 is 1.94 bits per heavy atom. The average molecular weight is 228 g/mol. The smallest absolute Gasteiger partial charge is 0.142 e. The highest BCUT2D eigenvalue weighted by Crippen LogP contribution is 2.34. The number of aryl methyl sites for hydroxylation is 2. The van der Waals surface area contributed by atoms with Crippen molar-refractivity contribution in [3.8, 4) is 10.4 Å². The van der Waals surface area contributed by atoms with Crippen molar-refractivity contribution in [3.63, 3.8) is 0 Å². The standard InChI is InChI=1S/C14H12OS/c1-9-7-11-5-6-15-14(11)12(8-9)13-4-3-10(2)16-13/h3-8H,1-2H3. The van der Waals surface area contributed by atoms with E-state index in [0.717, 1.165) is 5.58 Å². The van der Waals surface area contributed by atoms with Crippen molar-refractivity contribution in [3.05, 3.63) is 47.0 Å². The fourth-order valence-electron chi connectivity index (χ4n) is 1.99. The molecule has 0 fully saturated rings. The van der Waals surface area contributed by atoms with Gasteiger partial charge in [-0.25, -0.2) is 0 Å². The lowest BCUT2D eigenvalue weighted by Gasteiger charge is -2.01. The molecule has 0 saturated heterocycles. The lowest BCUT2D eigenvalue weighted by atomic mass is 10.1. The highest BCUT2D eigenvalue weighted by Gasteiger charge is 2.09. The van der Waals surface area contributed by atoms with Gasteiger partial charge in [0.25, 0.3) is 0 Å². The molecule has 0 aliphatic heterocycles. The van der Waals surface area contributed by atoms with E-state index in [1.54, 1.807) is 6.26 Å². The normalized spacial score (nSPS) is 11.1. The highest BCUT2D eigenvalue weighted by atomic mass is 32.1. The average Bonchev–Trinajstić information content (AvgIpc) is 2.84. The maximum absolute atomic E-state index is 5.57. The zero-order chi connectivity index (χ0) is 11.1. The van der Waals surface area contributed by atoms with Gasteiger partial charge in [-0.3, -0.25) is 0 Å². The monoisotopic (exact) mass is 228 g/mol. The van der Waals surface area contributed by atoms with Gasteiger partial charge in [-0.2, -0.15) is 0 Å². The van der Waals surface area contributed by atoms with Crippen molar-refractivity contribution in [2.75, 3.05) is 0 Å². The Kier molecular flexibility index (Phi) is 2.11. The third-order valence-electron chi connectivity index (χ3n) is 2.70. The Morgan fingerprint density at radius 1 is 1.06 bits per heavy atom. The summed E-state index contributed by atoms with van der Waals surface area (Å²) in [7, 11) is 0. The van der Waals surface area contributed by atoms with Gasteiger partial charge < -0.3 is 4.42 Å². The molecule has 1 aromatic carbocycles. The molecular formula is C14H12OS. The number of hydrogen-bond donors (Lipinski definition) is 0. The van der Waals surface area contributed by atoms with Crippen LogP contribution in [0.5, 0.6) is 0 Å². The Hall–Kier alpha value is -1.54. The number of furan rings is 1. The molecule has 0 spiro atoms. The molecule has 0 radical (unpaired) electrons. The first-order valence-corrected chi connectivity index (χ1v) is 6.10. The Balaban J connectivity index is 2.33. The van der Waals surface area contributed by atoms with E-state index in [2.05, 4.69) is 38.1 Å². The van der Waals surface area contributed by atoms with Gasteiger partial charge in [0.1, 0.15) is 5.58 Å². The molecule has 0 saturated carbocycles. The molecule has 2 heterocycles. The van der Waals surface area contributed by atoms with Crippen LogP contribution in [0.4, 0.5) is 0 Å². The topological polar surface area (TPSA) is 13.1 Å². The second-order valence-corrected chi connectivity index (χ2v) is 5.35. The number of rotatable bonds is 1. The molecule has 0 aliphatic rings. The van der Waals surface area contributed by atoms with E-state index in [4.69, 9.17) is 4.42 Å². The van der Waals surface area contributed by atoms with Crippen LogP contribution in [-0.4, -0.2) is 0 Å². The number of thiophene rings is 1. The molecule has 2 aromatic heterocycles. The highest BCUT2D eigenvalue weighted by molar-refractivity contribution is 7.15. The summed E-state index contributed by atoms with van der Waals surface area (Å²) in [4.78, 5) is 2.61. The maximum Gasteiger partial charge on any atom is 0.142 e. The molecule has 0 atom stereocenters. The van der Waals surface area contributed by atoms with Crippen LogP contribution in [0.1, 0.15) is 10.4 Å². The van der Waals surface area contributed by atoms with Gasteiger partial charge in [-0.1, -0.05) is 0 Å². The molecule has 0 aliphatic carbocycles. The minimum absolute atomic E-state index is 0.993. The molecule has 3 rings (SSSR count). The summed E-state index contributed by atoms with van der Waals surface area (Å²) in [6.45, 7) is 4.25. The molecule has 0 unspecified atom stereocenters. The van der Waals surface area contributed by atoms with Gasteiger partial charge in [-0.05, 0) is 49.7 Å². The fourth-order valence-corrected chi connectivity index (χ4v) is 2.87. The van der Waals surface area contributed by atoms with E-state index in [9.17, 15) is 0 Å². The van der Waals surface area contributed by atoms with Crippen LogP contribution < -0.4 is 0 Å². The molecular weight excluding hydrogens is 216 g/mol.